The first-order chi connectivity index (χ1) is 11.6. The molecule has 0 radical (unpaired) electrons. The van der Waals surface area contributed by atoms with Crippen LogP contribution < -0.4 is 0 Å². The minimum atomic E-state index is -0.0698. The number of carbonyl (C=O) groups excluding carboxylic acids is 1. The number of carbonyl (C=O) groups is 1. The normalized spacial score (nSPS) is 21.3. The summed E-state index contributed by atoms with van der Waals surface area (Å²) < 4.78 is 7.44. The van der Waals surface area contributed by atoms with E-state index < -0.39 is 0 Å². The Morgan fingerprint density at radius 1 is 1.29 bits per heavy atom. The van der Waals surface area contributed by atoms with Crippen molar-refractivity contribution in [2.45, 2.75) is 26.1 Å². The molecule has 0 unspecified atom stereocenters. The molecule has 1 aliphatic heterocycles. The maximum Gasteiger partial charge on any atom is 0.274 e. The standard InChI is InChI=1S/C17H18N4O2S/c1-11-9-20(10-12(2)23-11)17(22)13-8-16-18-6-5-14(21(16)19-13)15-4-3-7-24-15/h3-8,11-12H,9-10H2,1-2H3/t11-,12-/m1/s1. The van der Waals surface area contributed by atoms with Gasteiger partial charge in [-0.2, -0.15) is 5.10 Å². The van der Waals surface area contributed by atoms with Crippen LogP contribution in [0.4, 0.5) is 0 Å². The Labute approximate surface area is 143 Å². The topological polar surface area (TPSA) is 59.7 Å². The van der Waals surface area contributed by atoms with Crippen molar-refractivity contribution < 1.29 is 9.53 Å². The summed E-state index contributed by atoms with van der Waals surface area (Å²) >= 11 is 1.64. The Balaban J connectivity index is 1.70. The lowest BCUT2D eigenvalue weighted by molar-refractivity contribution is -0.0587. The van der Waals surface area contributed by atoms with E-state index in [0.29, 0.717) is 24.4 Å². The second-order valence-corrected chi connectivity index (χ2v) is 7.02. The number of hydrogen-bond donors (Lipinski definition) is 0. The third-order valence-corrected chi connectivity index (χ3v) is 4.95. The second kappa shape index (κ2) is 5.99. The fourth-order valence-corrected chi connectivity index (χ4v) is 3.85. The summed E-state index contributed by atoms with van der Waals surface area (Å²) in [6.07, 6.45) is 1.82. The molecule has 1 saturated heterocycles. The van der Waals surface area contributed by atoms with Gasteiger partial charge in [0.25, 0.3) is 5.91 Å². The van der Waals surface area contributed by atoms with Crippen molar-refractivity contribution in [1.82, 2.24) is 19.5 Å². The number of morpholine rings is 1. The molecule has 24 heavy (non-hydrogen) atoms. The molecule has 6 nitrogen and oxygen atoms in total. The third kappa shape index (κ3) is 2.70. The zero-order chi connectivity index (χ0) is 16.7. The molecule has 4 rings (SSSR count). The largest absolute Gasteiger partial charge is 0.372 e. The minimum Gasteiger partial charge on any atom is -0.372 e. The molecular weight excluding hydrogens is 324 g/mol. The van der Waals surface area contributed by atoms with Crippen molar-refractivity contribution >= 4 is 22.9 Å². The van der Waals surface area contributed by atoms with Crippen LogP contribution in [0.5, 0.6) is 0 Å². The predicted octanol–water partition coefficient (Wildman–Crippen LogP) is 2.71. The highest BCUT2D eigenvalue weighted by molar-refractivity contribution is 7.13. The van der Waals surface area contributed by atoms with Crippen molar-refractivity contribution in [2.24, 2.45) is 0 Å². The molecule has 0 aliphatic carbocycles. The van der Waals surface area contributed by atoms with E-state index in [1.54, 1.807) is 28.1 Å². The van der Waals surface area contributed by atoms with Crippen LogP contribution in [0.1, 0.15) is 24.3 Å². The Bertz CT molecular complexity index is 864. The summed E-state index contributed by atoms with van der Waals surface area (Å²) in [5.41, 5.74) is 2.05. The van der Waals surface area contributed by atoms with Crippen molar-refractivity contribution in [2.75, 3.05) is 13.1 Å². The fraction of sp³-hybridized carbons (Fsp3) is 0.353. The molecular formula is C17H18N4O2S. The molecule has 0 spiro atoms. The molecule has 0 aromatic carbocycles. The Morgan fingerprint density at radius 2 is 2.08 bits per heavy atom. The zero-order valence-electron chi connectivity index (χ0n) is 13.5. The molecule has 2 atom stereocenters. The van der Waals surface area contributed by atoms with Gasteiger partial charge in [-0.05, 0) is 31.4 Å². The highest BCUT2D eigenvalue weighted by Gasteiger charge is 2.28. The molecule has 3 aromatic heterocycles. The number of fused-ring (bicyclic) bond motifs is 1. The van der Waals surface area contributed by atoms with Crippen LogP contribution in [0.2, 0.25) is 0 Å². The number of amides is 1. The molecule has 7 heteroatoms. The molecule has 1 aliphatic rings. The summed E-state index contributed by atoms with van der Waals surface area (Å²) in [6.45, 7) is 5.14. The molecule has 1 amide bonds. The van der Waals surface area contributed by atoms with Crippen LogP contribution in [-0.2, 0) is 4.74 Å². The number of ether oxygens (including phenoxy) is 1. The van der Waals surface area contributed by atoms with E-state index in [1.165, 1.54) is 0 Å². The van der Waals surface area contributed by atoms with Crippen LogP contribution in [0.3, 0.4) is 0 Å². The van der Waals surface area contributed by atoms with Gasteiger partial charge >= 0.3 is 0 Å². The molecule has 4 heterocycles. The first-order valence-corrected chi connectivity index (χ1v) is 8.83. The van der Waals surface area contributed by atoms with E-state index in [1.807, 2.05) is 42.3 Å². The predicted molar refractivity (Wildman–Crippen MR) is 92.2 cm³/mol. The lowest BCUT2D eigenvalue weighted by Gasteiger charge is -2.34. The van der Waals surface area contributed by atoms with Crippen LogP contribution in [0.25, 0.3) is 16.2 Å². The van der Waals surface area contributed by atoms with Crippen LogP contribution >= 0.6 is 11.3 Å². The van der Waals surface area contributed by atoms with Gasteiger partial charge in [0.05, 0.1) is 22.8 Å². The van der Waals surface area contributed by atoms with Gasteiger partial charge in [0.15, 0.2) is 11.3 Å². The lowest BCUT2D eigenvalue weighted by Crippen LogP contribution is -2.48. The fourth-order valence-electron chi connectivity index (χ4n) is 3.12. The summed E-state index contributed by atoms with van der Waals surface area (Å²) in [5.74, 6) is -0.0698. The number of nitrogens with zero attached hydrogens (tertiary/aromatic N) is 4. The maximum absolute atomic E-state index is 12.8. The van der Waals surface area contributed by atoms with E-state index in [-0.39, 0.29) is 18.1 Å². The monoisotopic (exact) mass is 342 g/mol. The van der Waals surface area contributed by atoms with E-state index in [9.17, 15) is 4.79 Å². The number of thiophene rings is 1. The molecule has 0 saturated carbocycles. The van der Waals surface area contributed by atoms with E-state index in [4.69, 9.17) is 4.74 Å². The Hall–Kier alpha value is -2.25. The number of hydrogen-bond acceptors (Lipinski definition) is 5. The lowest BCUT2D eigenvalue weighted by atomic mass is 10.2. The quantitative estimate of drug-likeness (QED) is 0.718. The smallest absolute Gasteiger partial charge is 0.274 e. The summed E-state index contributed by atoms with van der Waals surface area (Å²) in [5, 5.41) is 6.54. The first kappa shape index (κ1) is 15.3. The van der Waals surface area contributed by atoms with Gasteiger partial charge in [-0.15, -0.1) is 11.3 Å². The van der Waals surface area contributed by atoms with Gasteiger partial charge in [-0.1, -0.05) is 6.07 Å². The van der Waals surface area contributed by atoms with Gasteiger partial charge in [0.1, 0.15) is 0 Å². The van der Waals surface area contributed by atoms with Crippen LogP contribution in [0.15, 0.2) is 35.8 Å². The molecule has 1 fully saturated rings. The highest BCUT2D eigenvalue weighted by atomic mass is 32.1. The maximum atomic E-state index is 12.8. The average molecular weight is 342 g/mol. The molecule has 0 N–H and O–H groups in total. The second-order valence-electron chi connectivity index (χ2n) is 6.07. The summed E-state index contributed by atoms with van der Waals surface area (Å²) in [6, 6.07) is 7.70. The van der Waals surface area contributed by atoms with Gasteiger partial charge in [0.2, 0.25) is 0 Å². The van der Waals surface area contributed by atoms with Gasteiger partial charge in [-0.3, -0.25) is 4.79 Å². The van der Waals surface area contributed by atoms with Gasteiger partial charge in [-0.25, -0.2) is 9.50 Å². The number of aromatic nitrogens is 3. The third-order valence-electron chi connectivity index (χ3n) is 4.06. The van der Waals surface area contributed by atoms with Crippen LogP contribution in [-0.4, -0.2) is 50.7 Å². The van der Waals surface area contributed by atoms with Gasteiger partial charge in [0, 0.05) is 25.4 Å². The van der Waals surface area contributed by atoms with Gasteiger partial charge < -0.3 is 9.64 Å². The number of rotatable bonds is 2. The zero-order valence-corrected chi connectivity index (χ0v) is 14.4. The molecule has 124 valence electrons. The summed E-state index contributed by atoms with van der Waals surface area (Å²) in [4.78, 5) is 20.1. The van der Waals surface area contributed by atoms with Crippen molar-refractivity contribution in [3.8, 4) is 10.6 Å². The Morgan fingerprint density at radius 3 is 2.79 bits per heavy atom. The highest BCUT2D eigenvalue weighted by Crippen LogP contribution is 2.25. The van der Waals surface area contributed by atoms with Crippen molar-refractivity contribution in [3.05, 3.63) is 41.5 Å². The van der Waals surface area contributed by atoms with E-state index in [0.717, 1.165) is 10.6 Å². The Kier molecular flexibility index (Phi) is 3.82. The van der Waals surface area contributed by atoms with Crippen molar-refractivity contribution in [3.63, 3.8) is 0 Å². The first-order valence-electron chi connectivity index (χ1n) is 7.95. The minimum absolute atomic E-state index is 0.0366. The average Bonchev–Trinajstić information content (AvgIpc) is 3.22. The summed E-state index contributed by atoms with van der Waals surface area (Å²) in [7, 11) is 0. The molecule has 0 bridgehead atoms. The van der Waals surface area contributed by atoms with E-state index in [2.05, 4.69) is 10.1 Å². The molecule has 3 aromatic rings. The van der Waals surface area contributed by atoms with E-state index >= 15 is 0 Å². The van der Waals surface area contributed by atoms with Crippen LogP contribution in [0, 0.1) is 0 Å². The van der Waals surface area contributed by atoms with Crippen molar-refractivity contribution in [1.29, 1.82) is 0 Å². The SMILES string of the molecule is C[C@@H]1CN(C(=O)c2cc3nccc(-c4cccs4)n3n2)C[C@@H](C)O1.